The predicted octanol–water partition coefficient (Wildman–Crippen LogP) is 1.53. The lowest BCUT2D eigenvalue weighted by molar-refractivity contribution is -0.0312. The molecule has 1 unspecified atom stereocenters. The molecule has 1 aromatic rings. The minimum atomic E-state index is 0.104. The molecule has 0 amide bonds. The zero-order valence-corrected chi connectivity index (χ0v) is 9.86. The molecule has 0 saturated carbocycles. The Morgan fingerprint density at radius 2 is 2.38 bits per heavy atom. The first kappa shape index (κ1) is 11.9. The number of hydrogen-bond donors (Lipinski definition) is 1. The van der Waals surface area contributed by atoms with Crippen LogP contribution in [0.1, 0.15) is 5.56 Å². The molecule has 1 heterocycles. The van der Waals surface area contributed by atoms with E-state index in [0.717, 1.165) is 24.7 Å². The van der Waals surface area contributed by atoms with Crippen LogP contribution in [0.4, 0.5) is 0 Å². The second-order valence-corrected chi connectivity index (χ2v) is 4.45. The Hall–Kier alpha value is -0.610. The van der Waals surface area contributed by atoms with Gasteiger partial charge in [-0.1, -0.05) is 23.7 Å². The van der Waals surface area contributed by atoms with Crippen molar-refractivity contribution in [2.75, 3.05) is 26.4 Å². The average molecular weight is 242 g/mol. The van der Waals surface area contributed by atoms with E-state index in [4.69, 9.17) is 16.3 Å². The molecular formula is C12H16ClNO2. The molecule has 1 atom stereocenters. The van der Waals surface area contributed by atoms with Crippen molar-refractivity contribution in [2.24, 2.45) is 0 Å². The molecule has 16 heavy (non-hydrogen) atoms. The summed E-state index contributed by atoms with van der Waals surface area (Å²) in [5.74, 6) is 0. The molecule has 3 nitrogen and oxygen atoms in total. The number of aliphatic hydroxyl groups is 1. The number of ether oxygens (including phenoxy) is 1. The zero-order chi connectivity index (χ0) is 11.4. The van der Waals surface area contributed by atoms with Crippen molar-refractivity contribution in [3.63, 3.8) is 0 Å². The van der Waals surface area contributed by atoms with E-state index in [0.29, 0.717) is 6.61 Å². The second kappa shape index (κ2) is 5.64. The molecule has 1 aliphatic heterocycles. The number of hydrogen-bond acceptors (Lipinski definition) is 3. The SMILES string of the molecule is OCC1COCCN1Cc1cccc(Cl)c1. The van der Waals surface area contributed by atoms with E-state index in [-0.39, 0.29) is 12.6 Å². The highest BCUT2D eigenvalue weighted by Gasteiger charge is 2.21. The lowest BCUT2D eigenvalue weighted by Gasteiger charge is -2.34. The first-order valence-electron chi connectivity index (χ1n) is 5.46. The van der Waals surface area contributed by atoms with E-state index in [1.54, 1.807) is 0 Å². The van der Waals surface area contributed by atoms with Gasteiger partial charge >= 0.3 is 0 Å². The third kappa shape index (κ3) is 2.95. The molecule has 2 rings (SSSR count). The van der Waals surface area contributed by atoms with Gasteiger partial charge in [-0.15, -0.1) is 0 Å². The Kier molecular flexibility index (Phi) is 4.18. The summed E-state index contributed by atoms with van der Waals surface area (Å²) in [7, 11) is 0. The lowest BCUT2D eigenvalue weighted by atomic mass is 10.1. The molecule has 1 aromatic carbocycles. The minimum absolute atomic E-state index is 0.104. The summed E-state index contributed by atoms with van der Waals surface area (Å²) in [6, 6.07) is 7.94. The van der Waals surface area contributed by atoms with Crippen LogP contribution in [-0.2, 0) is 11.3 Å². The van der Waals surface area contributed by atoms with E-state index in [1.807, 2.05) is 18.2 Å². The Labute approximate surface area is 101 Å². The monoisotopic (exact) mass is 241 g/mol. The number of halogens is 1. The standard InChI is InChI=1S/C12H16ClNO2/c13-11-3-1-2-10(6-11)7-14-4-5-16-9-12(14)8-15/h1-3,6,12,15H,4-5,7-9H2. The highest BCUT2D eigenvalue weighted by Crippen LogP contribution is 2.15. The highest BCUT2D eigenvalue weighted by molar-refractivity contribution is 6.30. The maximum absolute atomic E-state index is 9.25. The van der Waals surface area contributed by atoms with Gasteiger partial charge in [0.2, 0.25) is 0 Å². The third-order valence-electron chi connectivity index (χ3n) is 2.83. The Bertz CT molecular complexity index is 346. The summed E-state index contributed by atoms with van der Waals surface area (Å²) in [5.41, 5.74) is 1.17. The van der Waals surface area contributed by atoms with Crippen LogP contribution in [0.2, 0.25) is 5.02 Å². The fraction of sp³-hybridized carbons (Fsp3) is 0.500. The summed E-state index contributed by atoms with van der Waals surface area (Å²) in [6.07, 6.45) is 0. The number of morpholine rings is 1. The number of nitrogens with zero attached hydrogens (tertiary/aromatic N) is 1. The van der Waals surface area contributed by atoms with Crippen LogP contribution in [0.3, 0.4) is 0 Å². The Morgan fingerprint density at radius 1 is 1.50 bits per heavy atom. The van der Waals surface area contributed by atoms with E-state index in [9.17, 15) is 5.11 Å². The van der Waals surface area contributed by atoms with E-state index >= 15 is 0 Å². The first-order chi connectivity index (χ1) is 7.79. The van der Waals surface area contributed by atoms with Crippen molar-refractivity contribution < 1.29 is 9.84 Å². The van der Waals surface area contributed by atoms with Crippen LogP contribution in [0.15, 0.2) is 24.3 Å². The topological polar surface area (TPSA) is 32.7 Å². The van der Waals surface area contributed by atoms with Crippen molar-refractivity contribution >= 4 is 11.6 Å². The van der Waals surface area contributed by atoms with Crippen LogP contribution >= 0.6 is 11.6 Å². The van der Waals surface area contributed by atoms with Gasteiger partial charge in [0.25, 0.3) is 0 Å². The maximum atomic E-state index is 9.25. The van der Waals surface area contributed by atoms with E-state index in [2.05, 4.69) is 11.0 Å². The van der Waals surface area contributed by atoms with Crippen molar-refractivity contribution in [3.8, 4) is 0 Å². The molecule has 1 aliphatic rings. The van der Waals surface area contributed by atoms with Crippen LogP contribution in [-0.4, -0.2) is 42.4 Å². The summed E-state index contributed by atoms with van der Waals surface area (Å²) >= 11 is 5.94. The van der Waals surface area contributed by atoms with Gasteiger partial charge in [0.1, 0.15) is 0 Å². The third-order valence-corrected chi connectivity index (χ3v) is 3.07. The molecule has 0 radical (unpaired) electrons. The van der Waals surface area contributed by atoms with Gasteiger partial charge in [0, 0.05) is 18.1 Å². The van der Waals surface area contributed by atoms with E-state index < -0.39 is 0 Å². The van der Waals surface area contributed by atoms with Crippen molar-refractivity contribution in [2.45, 2.75) is 12.6 Å². The van der Waals surface area contributed by atoms with Crippen molar-refractivity contribution in [1.29, 1.82) is 0 Å². The molecule has 0 aromatic heterocycles. The fourth-order valence-corrected chi connectivity index (χ4v) is 2.15. The summed E-state index contributed by atoms with van der Waals surface area (Å²) in [4.78, 5) is 2.23. The summed E-state index contributed by atoms with van der Waals surface area (Å²) in [6.45, 7) is 3.15. The van der Waals surface area contributed by atoms with Gasteiger partial charge in [-0.3, -0.25) is 4.90 Å². The number of rotatable bonds is 3. The van der Waals surface area contributed by atoms with Crippen LogP contribution < -0.4 is 0 Å². The molecule has 0 bridgehead atoms. The Balaban J connectivity index is 2.02. The molecule has 1 fully saturated rings. The van der Waals surface area contributed by atoms with Crippen LogP contribution in [0.25, 0.3) is 0 Å². The predicted molar refractivity (Wildman–Crippen MR) is 63.6 cm³/mol. The maximum Gasteiger partial charge on any atom is 0.0644 e. The summed E-state index contributed by atoms with van der Waals surface area (Å²) in [5, 5.41) is 10.0. The normalized spacial score (nSPS) is 22.2. The molecular weight excluding hydrogens is 226 g/mol. The van der Waals surface area contributed by atoms with Crippen molar-refractivity contribution in [3.05, 3.63) is 34.9 Å². The highest BCUT2D eigenvalue weighted by atomic mass is 35.5. The van der Waals surface area contributed by atoms with E-state index in [1.165, 1.54) is 5.56 Å². The number of benzene rings is 1. The summed E-state index contributed by atoms with van der Waals surface area (Å²) < 4.78 is 5.34. The molecule has 4 heteroatoms. The minimum Gasteiger partial charge on any atom is -0.395 e. The van der Waals surface area contributed by atoms with Gasteiger partial charge in [-0.05, 0) is 17.7 Å². The number of aliphatic hydroxyl groups excluding tert-OH is 1. The first-order valence-corrected chi connectivity index (χ1v) is 5.84. The van der Waals surface area contributed by atoms with Gasteiger partial charge < -0.3 is 9.84 Å². The molecule has 1 saturated heterocycles. The lowest BCUT2D eigenvalue weighted by Crippen LogP contribution is -2.46. The smallest absolute Gasteiger partial charge is 0.0644 e. The largest absolute Gasteiger partial charge is 0.395 e. The van der Waals surface area contributed by atoms with Crippen LogP contribution in [0, 0.1) is 0 Å². The fourth-order valence-electron chi connectivity index (χ4n) is 1.94. The van der Waals surface area contributed by atoms with Gasteiger partial charge in [0.15, 0.2) is 0 Å². The van der Waals surface area contributed by atoms with Crippen LogP contribution in [0.5, 0.6) is 0 Å². The van der Waals surface area contributed by atoms with Crippen molar-refractivity contribution in [1.82, 2.24) is 4.90 Å². The average Bonchev–Trinajstić information content (AvgIpc) is 2.30. The van der Waals surface area contributed by atoms with Gasteiger partial charge in [-0.25, -0.2) is 0 Å². The van der Waals surface area contributed by atoms with Gasteiger partial charge in [-0.2, -0.15) is 0 Å². The zero-order valence-electron chi connectivity index (χ0n) is 9.10. The second-order valence-electron chi connectivity index (χ2n) is 4.01. The quantitative estimate of drug-likeness (QED) is 0.871. The Morgan fingerprint density at radius 3 is 3.12 bits per heavy atom. The van der Waals surface area contributed by atoms with Gasteiger partial charge in [0.05, 0.1) is 25.9 Å². The molecule has 0 aliphatic carbocycles. The molecule has 0 spiro atoms. The molecule has 88 valence electrons. The molecule has 1 N–H and O–H groups in total.